The number of nitrogens with zero attached hydrogens (tertiary/aromatic N) is 2. The molecule has 1 fully saturated rings. The maximum absolute atomic E-state index is 13.1. The fourth-order valence-electron chi connectivity index (χ4n) is 4.21. The maximum atomic E-state index is 13.1. The zero-order valence-corrected chi connectivity index (χ0v) is 23.1. The smallest absolute Gasteiger partial charge is 0.442 e. The van der Waals surface area contributed by atoms with Gasteiger partial charge in [-0.1, -0.05) is 38.3 Å². The molecule has 202 valence electrons. The molecule has 1 amide bonds. The molecule has 0 saturated heterocycles. The summed E-state index contributed by atoms with van der Waals surface area (Å²) >= 11 is 0. The average Bonchev–Trinajstić information content (AvgIpc) is 2.78. The lowest BCUT2D eigenvalue weighted by molar-refractivity contribution is -0.135. The third kappa shape index (κ3) is 10.1. The molecule has 0 bridgehead atoms. The lowest BCUT2D eigenvalue weighted by Crippen LogP contribution is -2.40. The highest BCUT2D eigenvalue weighted by molar-refractivity contribution is 5.97. The van der Waals surface area contributed by atoms with Gasteiger partial charge in [0.1, 0.15) is 11.2 Å². The van der Waals surface area contributed by atoms with E-state index in [9.17, 15) is 14.4 Å². The molecular weight excluding hydrogens is 460 g/mol. The van der Waals surface area contributed by atoms with Crippen LogP contribution in [0, 0.1) is 0 Å². The molecule has 1 aliphatic carbocycles. The second-order valence-electron chi connectivity index (χ2n) is 11.3. The number of rotatable bonds is 8. The van der Waals surface area contributed by atoms with Gasteiger partial charge >= 0.3 is 12.2 Å². The lowest BCUT2D eigenvalue weighted by atomic mass is 9.93. The number of amides is 1. The molecule has 0 heterocycles. The molecule has 0 spiro atoms. The molecule has 0 aliphatic heterocycles. The number of carbonyl (C=O) groups excluding carboxylic acids is 3. The monoisotopic (exact) mass is 504 g/mol. The van der Waals surface area contributed by atoms with Gasteiger partial charge in [0, 0.05) is 30.3 Å². The third-order valence-corrected chi connectivity index (χ3v) is 5.69. The van der Waals surface area contributed by atoms with Crippen LogP contribution in [0.15, 0.2) is 24.3 Å². The van der Waals surface area contributed by atoms with E-state index in [-0.39, 0.29) is 18.7 Å². The van der Waals surface area contributed by atoms with Gasteiger partial charge in [-0.3, -0.25) is 4.79 Å². The van der Waals surface area contributed by atoms with Gasteiger partial charge < -0.3 is 19.2 Å². The standard InChI is InChI=1S/C28H44N2O6/c1-8-18-29(22-14-10-9-11-15-22)23-16-12-13-21(20-23)24(31)17-19-30(25(32)34-27(2,3)4)36-26(33)35-28(5,6)7/h12-13,16,20,22H,8-11,14-15,17-19H2,1-7H3. The van der Waals surface area contributed by atoms with Crippen LogP contribution in [0.1, 0.15) is 104 Å². The quantitative estimate of drug-likeness (QED) is 0.216. The van der Waals surface area contributed by atoms with E-state index >= 15 is 0 Å². The highest BCUT2D eigenvalue weighted by atomic mass is 16.8. The van der Waals surface area contributed by atoms with Crippen LogP contribution < -0.4 is 4.90 Å². The molecule has 1 aromatic carbocycles. The van der Waals surface area contributed by atoms with Gasteiger partial charge in [-0.25, -0.2) is 9.59 Å². The van der Waals surface area contributed by atoms with Gasteiger partial charge in [-0.05, 0) is 72.9 Å². The topological polar surface area (TPSA) is 85.4 Å². The molecular formula is C28H44N2O6. The minimum Gasteiger partial charge on any atom is -0.442 e. The molecule has 0 aromatic heterocycles. The molecule has 1 aliphatic rings. The molecule has 36 heavy (non-hydrogen) atoms. The van der Waals surface area contributed by atoms with E-state index in [0.717, 1.165) is 23.7 Å². The minimum absolute atomic E-state index is 0.0390. The Bertz CT molecular complexity index is 881. The zero-order valence-electron chi connectivity index (χ0n) is 23.1. The van der Waals surface area contributed by atoms with E-state index in [0.29, 0.717) is 11.6 Å². The highest BCUT2D eigenvalue weighted by Gasteiger charge is 2.29. The Hall–Kier alpha value is -2.77. The van der Waals surface area contributed by atoms with Crippen LogP contribution >= 0.6 is 0 Å². The van der Waals surface area contributed by atoms with Crippen LogP contribution in [0.2, 0.25) is 0 Å². The first-order valence-corrected chi connectivity index (χ1v) is 13.1. The van der Waals surface area contributed by atoms with E-state index in [1.807, 2.05) is 12.1 Å². The van der Waals surface area contributed by atoms with Crippen molar-refractivity contribution in [1.29, 1.82) is 0 Å². The normalized spacial score (nSPS) is 14.6. The molecule has 0 unspecified atom stereocenters. The summed E-state index contributed by atoms with van der Waals surface area (Å²) in [7, 11) is 0. The van der Waals surface area contributed by atoms with Gasteiger partial charge in [0.05, 0.1) is 6.54 Å². The second-order valence-corrected chi connectivity index (χ2v) is 11.3. The highest BCUT2D eigenvalue weighted by Crippen LogP contribution is 2.28. The molecule has 2 rings (SSSR count). The number of ether oxygens (including phenoxy) is 2. The van der Waals surface area contributed by atoms with Crippen LogP contribution in [0.5, 0.6) is 0 Å². The number of hydrogen-bond acceptors (Lipinski definition) is 7. The van der Waals surface area contributed by atoms with Crippen molar-refractivity contribution in [1.82, 2.24) is 5.06 Å². The predicted octanol–water partition coefficient (Wildman–Crippen LogP) is 6.91. The van der Waals surface area contributed by atoms with Gasteiger partial charge in [-0.15, -0.1) is 5.06 Å². The maximum Gasteiger partial charge on any atom is 0.534 e. The molecule has 0 radical (unpaired) electrons. The van der Waals surface area contributed by atoms with Crippen molar-refractivity contribution in [2.75, 3.05) is 18.0 Å². The number of ketones is 1. The summed E-state index contributed by atoms with van der Waals surface area (Å²) in [4.78, 5) is 45.5. The fraction of sp³-hybridized carbons (Fsp3) is 0.679. The number of anilines is 1. The summed E-state index contributed by atoms with van der Waals surface area (Å²) in [6, 6.07) is 8.16. The summed E-state index contributed by atoms with van der Waals surface area (Å²) < 4.78 is 10.5. The molecule has 8 heteroatoms. The van der Waals surface area contributed by atoms with Crippen LogP contribution in [-0.4, -0.2) is 53.4 Å². The molecule has 1 aromatic rings. The summed E-state index contributed by atoms with van der Waals surface area (Å²) in [5, 5.41) is 0.756. The van der Waals surface area contributed by atoms with E-state index in [2.05, 4.69) is 17.9 Å². The zero-order chi connectivity index (χ0) is 26.9. The van der Waals surface area contributed by atoms with Crippen molar-refractivity contribution in [3.63, 3.8) is 0 Å². The number of carbonyl (C=O) groups is 3. The summed E-state index contributed by atoms with van der Waals surface area (Å²) in [6.07, 6.45) is 5.20. The number of hydroxylamine groups is 2. The van der Waals surface area contributed by atoms with Crippen molar-refractivity contribution in [2.24, 2.45) is 0 Å². The number of benzene rings is 1. The van der Waals surface area contributed by atoms with Crippen molar-refractivity contribution in [2.45, 2.75) is 111 Å². The van der Waals surface area contributed by atoms with Crippen molar-refractivity contribution in [3.8, 4) is 0 Å². The SMILES string of the molecule is CCCN(c1cccc(C(=O)CCN(OC(=O)OC(C)(C)C)C(=O)OC(C)(C)C)c1)C1CCCCC1. The Morgan fingerprint density at radius 1 is 0.917 bits per heavy atom. The summed E-state index contributed by atoms with van der Waals surface area (Å²) in [5.74, 6) is -0.154. The van der Waals surface area contributed by atoms with Crippen LogP contribution in [0.3, 0.4) is 0 Å². The third-order valence-electron chi connectivity index (χ3n) is 5.69. The van der Waals surface area contributed by atoms with E-state index in [1.54, 1.807) is 47.6 Å². The number of hydrogen-bond donors (Lipinski definition) is 0. The summed E-state index contributed by atoms with van der Waals surface area (Å²) in [6.45, 7) is 13.2. The van der Waals surface area contributed by atoms with Crippen molar-refractivity contribution < 1.29 is 28.7 Å². The van der Waals surface area contributed by atoms with E-state index in [1.165, 1.54) is 32.1 Å². The van der Waals surface area contributed by atoms with E-state index < -0.39 is 23.5 Å². The fourth-order valence-corrected chi connectivity index (χ4v) is 4.21. The van der Waals surface area contributed by atoms with Gasteiger partial charge in [0.25, 0.3) is 0 Å². The van der Waals surface area contributed by atoms with Gasteiger partial charge in [-0.2, -0.15) is 0 Å². The van der Waals surface area contributed by atoms with Crippen molar-refractivity contribution >= 4 is 23.7 Å². The van der Waals surface area contributed by atoms with E-state index in [4.69, 9.17) is 14.3 Å². The van der Waals surface area contributed by atoms with Gasteiger partial charge in [0.15, 0.2) is 5.78 Å². The van der Waals surface area contributed by atoms with Crippen molar-refractivity contribution in [3.05, 3.63) is 29.8 Å². The largest absolute Gasteiger partial charge is 0.534 e. The van der Waals surface area contributed by atoms with Crippen LogP contribution in [-0.2, 0) is 14.3 Å². The predicted molar refractivity (Wildman–Crippen MR) is 140 cm³/mol. The van der Waals surface area contributed by atoms with Crippen LogP contribution in [0.4, 0.5) is 15.3 Å². The second kappa shape index (κ2) is 13.0. The Morgan fingerprint density at radius 2 is 1.56 bits per heavy atom. The Morgan fingerprint density at radius 3 is 2.14 bits per heavy atom. The molecule has 1 saturated carbocycles. The number of Topliss-reactive ketones (excluding diaryl/α,β-unsaturated/α-hetero) is 1. The first-order chi connectivity index (χ1) is 16.8. The van der Waals surface area contributed by atoms with Gasteiger partial charge in [0.2, 0.25) is 0 Å². The Labute approximate surface area is 216 Å². The lowest BCUT2D eigenvalue weighted by Gasteiger charge is -2.36. The molecule has 0 atom stereocenters. The minimum atomic E-state index is -1.04. The molecule has 8 nitrogen and oxygen atoms in total. The summed E-state index contributed by atoms with van der Waals surface area (Å²) in [5.41, 5.74) is 0.0112. The Balaban J connectivity index is 2.13. The first kappa shape index (κ1) is 29.5. The molecule has 0 N–H and O–H groups in total. The van der Waals surface area contributed by atoms with Crippen LogP contribution in [0.25, 0.3) is 0 Å². The average molecular weight is 505 g/mol. The first-order valence-electron chi connectivity index (χ1n) is 13.1. The Kier molecular flexibility index (Phi) is 10.6.